The standard InChI is InChI=1S/C15H13N3O4/c19-14(17-6-5-12-10(8-17)7-16-22-12)9-18-11-3-1-2-4-13(11)21-15(18)20/h1-4,7H,5-6,8-9H2. The normalized spacial score (nSPS) is 14.3. The third-order valence-electron chi connectivity index (χ3n) is 3.92. The molecule has 0 radical (unpaired) electrons. The minimum atomic E-state index is -0.516. The zero-order valence-corrected chi connectivity index (χ0v) is 11.7. The molecule has 0 unspecified atom stereocenters. The Balaban J connectivity index is 1.59. The van der Waals surface area contributed by atoms with E-state index in [2.05, 4.69) is 5.16 Å². The van der Waals surface area contributed by atoms with E-state index in [9.17, 15) is 9.59 Å². The summed E-state index contributed by atoms with van der Waals surface area (Å²) < 4.78 is 11.6. The fourth-order valence-electron chi connectivity index (χ4n) is 2.75. The molecular formula is C15H13N3O4. The molecule has 7 heteroatoms. The first-order valence-electron chi connectivity index (χ1n) is 7.01. The van der Waals surface area contributed by atoms with E-state index in [4.69, 9.17) is 8.94 Å². The van der Waals surface area contributed by atoms with E-state index in [1.54, 1.807) is 29.3 Å². The largest absolute Gasteiger partial charge is 0.420 e. The molecule has 0 saturated heterocycles. The highest BCUT2D eigenvalue weighted by atomic mass is 16.5. The van der Waals surface area contributed by atoms with Crippen LogP contribution in [0.2, 0.25) is 0 Å². The van der Waals surface area contributed by atoms with Crippen LogP contribution >= 0.6 is 0 Å². The topological polar surface area (TPSA) is 81.5 Å². The summed E-state index contributed by atoms with van der Waals surface area (Å²) in [6, 6.07) is 7.07. The number of para-hydroxylation sites is 2. The fraction of sp³-hybridized carbons (Fsp3) is 0.267. The van der Waals surface area contributed by atoms with Gasteiger partial charge in [-0.1, -0.05) is 17.3 Å². The van der Waals surface area contributed by atoms with E-state index in [0.717, 1.165) is 11.3 Å². The third-order valence-corrected chi connectivity index (χ3v) is 3.92. The highest BCUT2D eigenvalue weighted by molar-refractivity contribution is 5.79. The third kappa shape index (κ3) is 2.02. The van der Waals surface area contributed by atoms with Crippen LogP contribution in [0, 0.1) is 0 Å². The summed E-state index contributed by atoms with van der Waals surface area (Å²) in [7, 11) is 0. The molecule has 0 N–H and O–H groups in total. The molecule has 3 heterocycles. The molecule has 1 aliphatic rings. The summed E-state index contributed by atoms with van der Waals surface area (Å²) in [4.78, 5) is 26.1. The molecule has 1 aromatic carbocycles. The smallest absolute Gasteiger partial charge is 0.408 e. The Bertz CT molecular complexity index is 905. The molecule has 1 amide bonds. The van der Waals surface area contributed by atoms with E-state index in [1.807, 2.05) is 6.07 Å². The van der Waals surface area contributed by atoms with Crippen LogP contribution in [0.15, 0.2) is 44.2 Å². The minimum Gasteiger partial charge on any atom is -0.408 e. The Hall–Kier alpha value is -2.83. The molecule has 0 spiro atoms. The molecule has 0 atom stereocenters. The van der Waals surface area contributed by atoms with Gasteiger partial charge in [-0.15, -0.1) is 0 Å². The number of hydrogen-bond acceptors (Lipinski definition) is 5. The predicted molar refractivity (Wildman–Crippen MR) is 76.1 cm³/mol. The van der Waals surface area contributed by atoms with Crippen LogP contribution in [0.5, 0.6) is 0 Å². The van der Waals surface area contributed by atoms with Crippen LogP contribution in [0.25, 0.3) is 11.1 Å². The van der Waals surface area contributed by atoms with Crippen molar-refractivity contribution >= 4 is 17.0 Å². The van der Waals surface area contributed by atoms with Crippen molar-refractivity contribution in [2.45, 2.75) is 19.5 Å². The van der Waals surface area contributed by atoms with Crippen molar-refractivity contribution in [2.75, 3.05) is 6.54 Å². The summed E-state index contributed by atoms with van der Waals surface area (Å²) in [6.45, 7) is 0.990. The molecule has 2 aromatic heterocycles. The molecular weight excluding hydrogens is 286 g/mol. The number of nitrogens with zero attached hydrogens (tertiary/aromatic N) is 3. The van der Waals surface area contributed by atoms with Gasteiger partial charge in [0.25, 0.3) is 0 Å². The van der Waals surface area contributed by atoms with Crippen molar-refractivity contribution < 1.29 is 13.7 Å². The zero-order chi connectivity index (χ0) is 15.1. The summed E-state index contributed by atoms with van der Waals surface area (Å²) in [5.74, 6) is 0.188. The van der Waals surface area contributed by atoms with E-state index in [1.165, 1.54) is 4.57 Å². The van der Waals surface area contributed by atoms with E-state index < -0.39 is 5.76 Å². The van der Waals surface area contributed by atoms with Gasteiger partial charge in [-0.25, -0.2) is 4.79 Å². The lowest BCUT2D eigenvalue weighted by Gasteiger charge is -2.25. The second kappa shape index (κ2) is 4.87. The SMILES string of the molecule is O=C(Cn1c(=O)oc2ccccc21)N1CCc2oncc2C1. The van der Waals surface area contributed by atoms with Gasteiger partial charge in [0, 0.05) is 18.5 Å². The van der Waals surface area contributed by atoms with Crippen molar-refractivity contribution in [3.05, 3.63) is 52.3 Å². The second-order valence-electron chi connectivity index (χ2n) is 5.26. The lowest BCUT2D eigenvalue weighted by molar-refractivity contribution is -0.132. The number of carbonyl (C=O) groups excluding carboxylic acids is 1. The maximum Gasteiger partial charge on any atom is 0.420 e. The predicted octanol–water partition coefficient (Wildman–Crippen LogP) is 1.17. The number of hydrogen-bond donors (Lipinski definition) is 0. The summed E-state index contributed by atoms with van der Waals surface area (Å²) in [5.41, 5.74) is 2.03. The first-order valence-corrected chi connectivity index (χ1v) is 7.01. The van der Waals surface area contributed by atoms with Gasteiger partial charge >= 0.3 is 5.76 Å². The molecule has 4 rings (SSSR count). The molecule has 22 heavy (non-hydrogen) atoms. The summed E-state index contributed by atoms with van der Waals surface area (Å²) in [6.07, 6.45) is 2.27. The molecule has 0 fully saturated rings. The van der Waals surface area contributed by atoms with Gasteiger partial charge in [0.05, 0.1) is 18.3 Å². The Morgan fingerprint density at radius 2 is 2.18 bits per heavy atom. The van der Waals surface area contributed by atoms with Gasteiger partial charge in [0.2, 0.25) is 5.91 Å². The van der Waals surface area contributed by atoms with Gasteiger partial charge in [-0.2, -0.15) is 0 Å². The summed E-state index contributed by atoms with van der Waals surface area (Å²) >= 11 is 0. The van der Waals surface area contributed by atoms with Gasteiger partial charge in [0.1, 0.15) is 12.3 Å². The van der Waals surface area contributed by atoms with E-state index >= 15 is 0 Å². The number of carbonyl (C=O) groups is 1. The van der Waals surface area contributed by atoms with E-state index in [0.29, 0.717) is 30.6 Å². The Labute approximate surface area is 124 Å². The van der Waals surface area contributed by atoms with E-state index in [-0.39, 0.29) is 12.5 Å². The highest BCUT2D eigenvalue weighted by Gasteiger charge is 2.24. The minimum absolute atomic E-state index is 0.0313. The molecule has 1 aliphatic heterocycles. The zero-order valence-electron chi connectivity index (χ0n) is 11.7. The van der Waals surface area contributed by atoms with Crippen molar-refractivity contribution in [3.8, 4) is 0 Å². The Morgan fingerprint density at radius 1 is 1.32 bits per heavy atom. The number of oxazole rings is 1. The van der Waals surface area contributed by atoms with Gasteiger partial charge in [-0.3, -0.25) is 9.36 Å². The van der Waals surface area contributed by atoms with Crippen LogP contribution in [0.1, 0.15) is 11.3 Å². The highest BCUT2D eigenvalue weighted by Crippen LogP contribution is 2.19. The molecule has 0 bridgehead atoms. The number of fused-ring (bicyclic) bond motifs is 2. The molecule has 7 nitrogen and oxygen atoms in total. The molecule has 0 saturated carbocycles. The summed E-state index contributed by atoms with van der Waals surface area (Å²) in [5, 5.41) is 3.75. The van der Waals surface area contributed by atoms with Gasteiger partial charge in [0.15, 0.2) is 5.58 Å². The van der Waals surface area contributed by atoms with Gasteiger partial charge in [-0.05, 0) is 12.1 Å². The number of benzene rings is 1. The van der Waals surface area contributed by atoms with Crippen molar-refractivity contribution in [1.29, 1.82) is 0 Å². The first kappa shape index (κ1) is 12.9. The van der Waals surface area contributed by atoms with Crippen LogP contribution in [0.4, 0.5) is 0 Å². The second-order valence-corrected chi connectivity index (χ2v) is 5.26. The number of rotatable bonds is 2. The van der Waals surface area contributed by atoms with Crippen LogP contribution in [0.3, 0.4) is 0 Å². The Morgan fingerprint density at radius 3 is 3.09 bits per heavy atom. The molecule has 112 valence electrons. The lowest BCUT2D eigenvalue weighted by Crippen LogP contribution is -2.38. The fourth-order valence-corrected chi connectivity index (χ4v) is 2.75. The number of aromatic nitrogens is 2. The van der Waals surface area contributed by atoms with Crippen LogP contribution in [-0.2, 0) is 24.3 Å². The maximum atomic E-state index is 12.5. The average Bonchev–Trinajstić information content (AvgIpc) is 3.11. The van der Waals surface area contributed by atoms with Crippen LogP contribution < -0.4 is 5.76 Å². The van der Waals surface area contributed by atoms with Crippen LogP contribution in [-0.4, -0.2) is 27.1 Å². The Kier molecular flexibility index (Phi) is 2.85. The van der Waals surface area contributed by atoms with Crippen molar-refractivity contribution in [3.63, 3.8) is 0 Å². The quantitative estimate of drug-likeness (QED) is 0.709. The van der Waals surface area contributed by atoms with Crippen molar-refractivity contribution in [2.24, 2.45) is 0 Å². The molecule has 0 aliphatic carbocycles. The number of amides is 1. The maximum absolute atomic E-state index is 12.5. The first-order chi connectivity index (χ1) is 10.7. The average molecular weight is 299 g/mol. The molecule has 3 aromatic rings. The lowest BCUT2D eigenvalue weighted by atomic mass is 10.1. The monoisotopic (exact) mass is 299 g/mol. The van der Waals surface area contributed by atoms with Crippen molar-refractivity contribution in [1.82, 2.24) is 14.6 Å². The van der Waals surface area contributed by atoms with Gasteiger partial charge < -0.3 is 13.8 Å².